The van der Waals surface area contributed by atoms with Crippen molar-refractivity contribution >= 4 is 46.6 Å². The molecule has 0 bridgehead atoms. The smallest absolute Gasteiger partial charge is 0.221 e. The molecule has 1 heterocycles. The van der Waals surface area contributed by atoms with Crippen molar-refractivity contribution in [3.63, 3.8) is 0 Å². The number of ketones is 1. The quantitative estimate of drug-likeness (QED) is 0.410. The van der Waals surface area contributed by atoms with E-state index in [9.17, 15) is 4.79 Å². The SMILES string of the molecule is COc1cc(OC)c2c(C(=O)C=Cc3ccc(Cl)cc3)oc(C)c2c1.Cl. The minimum atomic E-state index is -0.239. The molecule has 6 heteroatoms. The number of carbonyl (C=O) groups excluding carboxylic acids is 1. The number of aryl methyl sites for hydroxylation is 1. The second-order valence-electron chi connectivity index (χ2n) is 5.49. The zero-order chi connectivity index (χ0) is 18.0. The molecule has 0 saturated carbocycles. The highest BCUT2D eigenvalue weighted by molar-refractivity contribution is 6.30. The summed E-state index contributed by atoms with van der Waals surface area (Å²) in [5.41, 5.74) is 0.874. The molecule has 4 nitrogen and oxygen atoms in total. The van der Waals surface area contributed by atoms with E-state index in [2.05, 4.69) is 0 Å². The van der Waals surface area contributed by atoms with Gasteiger partial charge in [-0.25, -0.2) is 0 Å². The van der Waals surface area contributed by atoms with Crippen LogP contribution in [0.2, 0.25) is 5.02 Å². The van der Waals surface area contributed by atoms with Gasteiger partial charge in [-0.05, 0) is 36.8 Å². The van der Waals surface area contributed by atoms with E-state index in [1.165, 1.54) is 6.08 Å². The first-order valence-corrected chi connectivity index (χ1v) is 8.04. The molecule has 0 atom stereocenters. The highest BCUT2D eigenvalue weighted by Crippen LogP contribution is 2.37. The number of ether oxygens (including phenoxy) is 2. The molecule has 0 aliphatic heterocycles. The number of fused-ring (bicyclic) bond motifs is 1. The van der Waals surface area contributed by atoms with E-state index >= 15 is 0 Å². The van der Waals surface area contributed by atoms with Gasteiger partial charge in [-0.2, -0.15) is 0 Å². The fourth-order valence-electron chi connectivity index (χ4n) is 2.63. The molecule has 0 radical (unpaired) electrons. The van der Waals surface area contributed by atoms with Crippen molar-refractivity contribution in [1.29, 1.82) is 0 Å². The van der Waals surface area contributed by atoms with Crippen LogP contribution in [0.1, 0.15) is 21.9 Å². The third-order valence-electron chi connectivity index (χ3n) is 3.91. The van der Waals surface area contributed by atoms with Crippen LogP contribution in [-0.4, -0.2) is 20.0 Å². The molecule has 3 aromatic rings. The van der Waals surface area contributed by atoms with Crippen LogP contribution in [-0.2, 0) is 0 Å². The predicted molar refractivity (Wildman–Crippen MR) is 106 cm³/mol. The summed E-state index contributed by atoms with van der Waals surface area (Å²) in [4.78, 5) is 12.6. The van der Waals surface area contributed by atoms with Gasteiger partial charge in [0, 0.05) is 16.5 Å². The van der Waals surface area contributed by atoms with Crippen molar-refractivity contribution in [3.05, 3.63) is 64.6 Å². The summed E-state index contributed by atoms with van der Waals surface area (Å²) in [7, 11) is 3.13. The first-order valence-electron chi connectivity index (χ1n) is 7.66. The van der Waals surface area contributed by atoms with Crippen LogP contribution in [0.3, 0.4) is 0 Å². The summed E-state index contributed by atoms with van der Waals surface area (Å²) in [6.45, 7) is 1.81. The molecule has 3 rings (SSSR count). The number of hydrogen-bond donors (Lipinski definition) is 0. The first kappa shape index (κ1) is 19.9. The molecule has 0 unspecified atom stereocenters. The average molecular weight is 393 g/mol. The second kappa shape index (κ2) is 8.30. The maximum absolute atomic E-state index is 12.6. The van der Waals surface area contributed by atoms with E-state index in [1.807, 2.05) is 18.2 Å². The second-order valence-corrected chi connectivity index (χ2v) is 5.93. The Morgan fingerprint density at radius 2 is 1.81 bits per heavy atom. The van der Waals surface area contributed by atoms with Crippen molar-refractivity contribution in [2.45, 2.75) is 6.92 Å². The number of hydrogen-bond acceptors (Lipinski definition) is 4. The molecule has 0 aliphatic rings. The van der Waals surface area contributed by atoms with E-state index in [1.54, 1.807) is 45.4 Å². The molecular weight excluding hydrogens is 375 g/mol. The van der Waals surface area contributed by atoms with Crippen LogP contribution < -0.4 is 9.47 Å². The third kappa shape index (κ3) is 3.87. The number of methoxy groups -OCH3 is 2. The highest BCUT2D eigenvalue weighted by atomic mass is 35.5. The van der Waals surface area contributed by atoms with E-state index < -0.39 is 0 Å². The summed E-state index contributed by atoms with van der Waals surface area (Å²) < 4.78 is 16.4. The number of rotatable bonds is 5. The van der Waals surface area contributed by atoms with Crippen LogP contribution in [0.25, 0.3) is 16.8 Å². The monoisotopic (exact) mass is 392 g/mol. The van der Waals surface area contributed by atoms with Gasteiger partial charge < -0.3 is 13.9 Å². The molecule has 0 N–H and O–H groups in total. The lowest BCUT2D eigenvalue weighted by Gasteiger charge is -2.06. The van der Waals surface area contributed by atoms with E-state index in [4.69, 9.17) is 25.5 Å². The van der Waals surface area contributed by atoms with Gasteiger partial charge in [-0.1, -0.05) is 29.8 Å². The Morgan fingerprint density at radius 1 is 1.12 bits per heavy atom. The maximum Gasteiger partial charge on any atom is 0.221 e. The number of halogens is 2. The summed E-state index contributed by atoms with van der Waals surface area (Å²) in [5.74, 6) is 1.82. The normalized spacial score (nSPS) is 10.8. The van der Waals surface area contributed by atoms with E-state index in [0.29, 0.717) is 27.7 Å². The van der Waals surface area contributed by atoms with E-state index in [-0.39, 0.29) is 24.0 Å². The van der Waals surface area contributed by atoms with E-state index in [0.717, 1.165) is 10.9 Å². The Hall–Kier alpha value is -2.43. The molecule has 2 aromatic carbocycles. The van der Waals surface area contributed by atoms with Gasteiger partial charge in [-0.3, -0.25) is 4.79 Å². The van der Waals surface area contributed by atoms with Gasteiger partial charge in [0.15, 0.2) is 5.76 Å². The maximum atomic E-state index is 12.6. The fraction of sp³-hybridized carbons (Fsp3) is 0.150. The molecule has 0 spiro atoms. The molecule has 136 valence electrons. The molecule has 0 saturated heterocycles. The van der Waals surface area contributed by atoms with Crippen LogP contribution in [0, 0.1) is 6.92 Å². The Labute approximate surface area is 162 Å². The minimum Gasteiger partial charge on any atom is -0.497 e. The van der Waals surface area contributed by atoms with Crippen LogP contribution in [0.5, 0.6) is 11.5 Å². The predicted octanol–water partition coefficient (Wildman–Crippen LogP) is 5.73. The highest BCUT2D eigenvalue weighted by Gasteiger charge is 2.20. The van der Waals surface area contributed by atoms with Crippen molar-refractivity contribution in [1.82, 2.24) is 0 Å². The first-order chi connectivity index (χ1) is 12.0. The van der Waals surface area contributed by atoms with Crippen molar-refractivity contribution < 1.29 is 18.7 Å². The summed E-state index contributed by atoms with van der Waals surface area (Å²) in [6.07, 6.45) is 3.20. The molecule has 26 heavy (non-hydrogen) atoms. The largest absolute Gasteiger partial charge is 0.497 e. The Morgan fingerprint density at radius 3 is 2.42 bits per heavy atom. The van der Waals surface area contributed by atoms with Crippen molar-refractivity contribution in [2.75, 3.05) is 14.2 Å². The third-order valence-corrected chi connectivity index (χ3v) is 4.17. The molecular formula is C20H18Cl2O4. The minimum absolute atomic E-state index is 0. The Bertz CT molecular complexity index is 956. The van der Waals surface area contributed by atoms with Crippen molar-refractivity contribution in [3.8, 4) is 11.5 Å². The van der Waals surface area contributed by atoms with Gasteiger partial charge in [0.1, 0.15) is 17.3 Å². The zero-order valence-electron chi connectivity index (χ0n) is 14.5. The zero-order valence-corrected chi connectivity index (χ0v) is 16.1. The van der Waals surface area contributed by atoms with Gasteiger partial charge in [-0.15, -0.1) is 12.4 Å². The number of carbonyl (C=O) groups is 1. The number of allylic oxidation sites excluding steroid dienone is 1. The lowest BCUT2D eigenvalue weighted by Crippen LogP contribution is -1.95. The molecule has 0 aliphatic carbocycles. The van der Waals surface area contributed by atoms with Crippen molar-refractivity contribution in [2.24, 2.45) is 0 Å². The topological polar surface area (TPSA) is 48.7 Å². The summed E-state index contributed by atoms with van der Waals surface area (Å²) in [6, 6.07) is 10.8. The Balaban J connectivity index is 0.00000243. The standard InChI is InChI=1S/C20H17ClO4.ClH/c1-12-16-10-15(23-2)11-18(24-3)19(16)20(25-12)17(22)9-6-13-4-7-14(21)8-5-13;/h4-11H,1-3H3;1H. The fourth-order valence-corrected chi connectivity index (χ4v) is 2.76. The summed E-state index contributed by atoms with van der Waals surface area (Å²) >= 11 is 5.87. The van der Waals surface area contributed by atoms with Gasteiger partial charge in [0.05, 0.1) is 19.6 Å². The van der Waals surface area contributed by atoms with Crippen LogP contribution in [0.4, 0.5) is 0 Å². The van der Waals surface area contributed by atoms with Crippen LogP contribution >= 0.6 is 24.0 Å². The van der Waals surface area contributed by atoms with Gasteiger partial charge >= 0.3 is 0 Å². The number of benzene rings is 2. The Kier molecular flexibility index (Phi) is 6.35. The number of furan rings is 1. The summed E-state index contributed by atoms with van der Waals surface area (Å²) in [5, 5.41) is 2.08. The molecule has 0 amide bonds. The van der Waals surface area contributed by atoms with Gasteiger partial charge in [0.2, 0.25) is 5.78 Å². The van der Waals surface area contributed by atoms with Crippen LogP contribution in [0.15, 0.2) is 46.9 Å². The average Bonchev–Trinajstić information content (AvgIpc) is 2.97. The van der Waals surface area contributed by atoms with Gasteiger partial charge in [0.25, 0.3) is 0 Å². The molecule has 0 fully saturated rings. The lowest BCUT2D eigenvalue weighted by atomic mass is 10.1. The molecule has 1 aromatic heterocycles. The lowest BCUT2D eigenvalue weighted by molar-refractivity contribution is 0.102.